The molecule has 1 heterocycles. The Morgan fingerprint density at radius 1 is 1.67 bits per heavy atom. The molecule has 0 spiro atoms. The summed E-state index contributed by atoms with van der Waals surface area (Å²) in [5, 5.41) is 0. The molecule has 0 atom stereocenters. The number of nitrogens with zero attached hydrogens (tertiary/aromatic N) is 1. The van der Waals surface area contributed by atoms with Crippen LogP contribution in [0.5, 0.6) is 0 Å². The summed E-state index contributed by atoms with van der Waals surface area (Å²) >= 11 is 8.51. The predicted octanol–water partition coefficient (Wildman–Crippen LogP) is 2.58. The number of aromatic nitrogens is 1. The summed E-state index contributed by atoms with van der Waals surface area (Å²) in [4.78, 5) is 0. The lowest BCUT2D eigenvalue weighted by atomic mass is 10.7. The normalized spacial score (nSPS) is 10.1. The van der Waals surface area contributed by atoms with Crippen molar-refractivity contribution in [2.75, 3.05) is 0 Å². The summed E-state index contributed by atoms with van der Waals surface area (Å²) < 4.78 is 4.46. The van der Waals surface area contributed by atoms with Gasteiger partial charge in [-0.1, -0.05) is 0 Å². The van der Waals surface area contributed by atoms with E-state index in [2.05, 4.69) is 49.5 Å². The third kappa shape index (κ3) is 1.75. The van der Waals surface area contributed by atoms with Gasteiger partial charge in [0.1, 0.15) is 10.3 Å². The molecular formula is C5H6Br2NS+. The van der Waals surface area contributed by atoms with Crippen molar-refractivity contribution in [3.05, 3.63) is 13.9 Å². The highest BCUT2D eigenvalue weighted by molar-refractivity contribution is 9.12. The van der Waals surface area contributed by atoms with E-state index in [9.17, 15) is 0 Å². The molecule has 0 bridgehead atoms. The summed E-state index contributed by atoms with van der Waals surface area (Å²) in [6.45, 7) is 3.13. The third-order valence-electron chi connectivity index (χ3n) is 1.01. The molecule has 1 rings (SSSR count). The van der Waals surface area contributed by atoms with Gasteiger partial charge in [0.25, 0.3) is 0 Å². The van der Waals surface area contributed by atoms with E-state index in [1.54, 1.807) is 11.3 Å². The second-order valence-corrected chi connectivity index (χ2v) is 5.26. The standard InChI is InChI=1S/C5H6Br2NS/c1-2-8-3-4(6)9-5(8)7/h3H,2H2,1H3/q+1/i6+1,7+1. The molecule has 9 heavy (non-hydrogen) atoms. The van der Waals surface area contributed by atoms with Gasteiger partial charge in [-0.3, -0.25) is 0 Å². The lowest BCUT2D eigenvalue weighted by Gasteiger charge is -1.80. The summed E-state index contributed by atoms with van der Waals surface area (Å²) in [6, 6.07) is 0. The quantitative estimate of drug-likeness (QED) is 0.693. The maximum absolute atomic E-state index is 3.43. The van der Waals surface area contributed by atoms with Gasteiger partial charge in [-0.25, -0.2) is 0 Å². The molecule has 0 saturated heterocycles. The van der Waals surface area contributed by atoms with E-state index in [0.29, 0.717) is 0 Å². The van der Waals surface area contributed by atoms with Crippen molar-refractivity contribution in [2.24, 2.45) is 0 Å². The Labute approximate surface area is 75.0 Å². The Bertz CT molecular complexity index is 209. The molecule has 0 radical (unpaired) electrons. The minimum Gasteiger partial charge on any atom is -0.182 e. The van der Waals surface area contributed by atoms with Crippen LogP contribution in [0.2, 0.25) is 0 Å². The first-order chi connectivity index (χ1) is 4.24. The van der Waals surface area contributed by atoms with Crippen LogP contribution in [0.3, 0.4) is 0 Å². The van der Waals surface area contributed by atoms with Crippen LogP contribution in [0.25, 0.3) is 0 Å². The van der Waals surface area contributed by atoms with E-state index in [1.807, 2.05) is 0 Å². The number of hydrogen-bond acceptors (Lipinski definition) is 1. The van der Waals surface area contributed by atoms with Gasteiger partial charge in [0.15, 0.2) is 6.20 Å². The average molecular weight is 274 g/mol. The van der Waals surface area contributed by atoms with Crippen LogP contribution in [0.1, 0.15) is 6.92 Å². The van der Waals surface area contributed by atoms with Gasteiger partial charge in [0, 0.05) is 15.9 Å². The molecule has 1 aromatic heterocycles. The Balaban J connectivity index is 3.01. The van der Waals surface area contributed by atoms with Crippen molar-refractivity contribution < 1.29 is 4.57 Å². The van der Waals surface area contributed by atoms with E-state index in [-0.39, 0.29) is 0 Å². The maximum atomic E-state index is 3.43. The first kappa shape index (κ1) is 7.69. The third-order valence-corrected chi connectivity index (χ3v) is 3.34. The van der Waals surface area contributed by atoms with Crippen LogP contribution in [-0.4, -0.2) is 0 Å². The van der Waals surface area contributed by atoms with Crippen LogP contribution in [-0.2, 0) is 6.54 Å². The van der Waals surface area contributed by atoms with Crippen molar-refractivity contribution in [1.29, 1.82) is 0 Å². The van der Waals surface area contributed by atoms with E-state index >= 15 is 0 Å². The fourth-order valence-corrected chi connectivity index (χ4v) is 3.43. The molecule has 0 aliphatic heterocycles. The van der Waals surface area contributed by atoms with E-state index in [0.717, 1.165) is 14.2 Å². The van der Waals surface area contributed by atoms with Gasteiger partial charge in [0.05, 0.1) is 0 Å². The van der Waals surface area contributed by atoms with E-state index < -0.39 is 0 Å². The van der Waals surface area contributed by atoms with Crippen LogP contribution in [0.15, 0.2) is 13.9 Å². The summed E-state index contributed by atoms with van der Waals surface area (Å²) in [7, 11) is 0. The largest absolute Gasteiger partial charge is 0.305 e. The van der Waals surface area contributed by atoms with Gasteiger partial charge in [-0.15, -0.1) is 0 Å². The van der Waals surface area contributed by atoms with E-state index in [1.165, 1.54) is 0 Å². The van der Waals surface area contributed by atoms with Crippen molar-refractivity contribution in [3.63, 3.8) is 0 Å². The maximum Gasteiger partial charge on any atom is 0.305 e. The second-order valence-electron chi connectivity index (χ2n) is 1.57. The first-order valence-corrected chi connectivity index (χ1v) is 4.98. The molecule has 0 aliphatic carbocycles. The lowest BCUT2D eigenvalue weighted by molar-refractivity contribution is -0.699. The monoisotopic (exact) mass is 274 g/mol. The Hall–Kier alpha value is 0.590. The molecule has 1 nitrogen and oxygen atoms in total. The molecule has 0 aliphatic rings. The molecule has 0 unspecified atom stereocenters. The summed E-state index contributed by atoms with van der Waals surface area (Å²) in [5.41, 5.74) is 0. The number of halogens is 2. The first-order valence-electron chi connectivity index (χ1n) is 2.58. The number of rotatable bonds is 1. The fraction of sp³-hybridized carbons (Fsp3) is 0.400. The van der Waals surface area contributed by atoms with Crippen molar-refractivity contribution in [1.82, 2.24) is 0 Å². The summed E-state index contributed by atoms with van der Waals surface area (Å²) in [6.07, 6.45) is 2.06. The number of thiazole rings is 1. The zero-order chi connectivity index (χ0) is 6.85. The highest BCUT2D eigenvalue weighted by Gasteiger charge is 2.09. The molecule has 50 valence electrons. The molecular weight excluding hydrogens is 268 g/mol. The van der Waals surface area contributed by atoms with Gasteiger partial charge >= 0.3 is 3.92 Å². The Kier molecular flexibility index (Phi) is 2.67. The minimum atomic E-state index is 1.02. The highest BCUT2D eigenvalue weighted by Crippen LogP contribution is 2.21. The predicted molar refractivity (Wildman–Crippen MR) is 45.6 cm³/mol. The average Bonchev–Trinajstić information content (AvgIpc) is 2.10. The Morgan fingerprint density at radius 2 is 2.33 bits per heavy atom. The lowest BCUT2D eigenvalue weighted by Crippen LogP contribution is -2.30. The van der Waals surface area contributed by atoms with Crippen molar-refractivity contribution in [2.45, 2.75) is 13.5 Å². The minimum absolute atomic E-state index is 1.02. The number of aryl methyl sites for hydroxylation is 1. The molecule has 0 fully saturated rings. The molecule has 0 amide bonds. The molecule has 4 heteroatoms. The molecule has 0 aromatic carbocycles. The molecule has 0 saturated carbocycles. The molecule has 0 N–H and O–H groups in total. The van der Waals surface area contributed by atoms with Gasteiger partial charge < -0.3 is 0 Å². The molecule has 1 aromatic rings. The van der Waals surface area contributed by atoms with Gasteiger partial charge in [-0.05, 0) is 34.2 Å². The van der Waals surface area contributed by atoms with Crippen LogP contribution < -0.4 is 4.57 Å². The van der Waals surface area contributed by atoms with Crippen molar-refractivity contribution >= 4 is 43.2 Å². The van der Waals surface area contributed by atoms with Crippen LogP contribution in [0, 0.1) is 0 Å². The van der Waals surface area contributed by atoms with Crippen LogP contribution in [0.4, 0.5) is 0 Å². The fourth-order valence-electron chi connectivity index (χ4n) is 0.554. The SMILES string of the molecule is CC[n+]1cc([81Br])sc1[81Br]. The summed E-state index contributed by atoms with van der Waals surface area (Å²) in [5.74, 6) is 0. The highest BCUT2D eigenvalue weighted by atomic mass is 80.9. The number of hydrogen-bond donors (Lipinski definition) is 0. The Morgan fingerprint density at radius 3 is 2.56 bits per heavy atom. The van der Waals surface area contributed by atoms with Crippen molar-refractivity contribution in [3.8, 4) is 0 Å². The van der Waals surface area contributed by atoms with Gasteiger partial charge in [0.2, 0.25) is 0 Å². The van der Waals surface area contributed by atoms with Gasteiger partial charge in [-0.2, -0.15) is 4.57 Å². The zero-order valence-electron chi connectivity index (χ0n) is 4.90. The smallest absolute Gasteiger partial charge is 0.182 e. The van der Waals surface area contributed by atoms with E-state index in [4.69, 9.17) is 0 Å². The topological polar surface area (TPSA) is 3.88 Å². The second kappa shape index (κ2) is 3.12. The zero-order valence-corrected chi connectivity index (χ0v) is 8.88. The van der Waals surface area contributed by atoms with Crippen LogP contribution >= 0.6 is 43.2 Å².